The van der Waals surface area contributed by atoms with Gasteiger partial charge in [-0.1, -0.05) is 0 Å². The van der Waals surface area contributed by atoms with E-state index < -0.39 is 0 Å². The molecule has 0 atom stereocenters. The minimum atomic E-state index is 0.0533. The van der Waals surface area contributed by atoms with E-state index in [-0.39, 0.29) is 12.5 Å². The number of rotatable bonds is 4. The zero-order valence-corrected chi connectivity index (χ0v) is 6.74. The Bertz CT molecular complexity index is 163. The summed E-state index contributed by atoms with van der Waals surface area (Å²) in [5.74, 6) is 0.149. The molecule has 0 aliphatic rings. The number of hydrogen-bond acceptors (Lipinski definition) is 4. The van der Waals surface area contributed by atoms with Crippen molar-refractivity contribution in [2.75, 3.05) is 13.7 Å². The van der Waals surface area contributed by atoms with Crippen LogP contribution in [0.1, 0.15) is 13.3 Å². The standard InChI is InChI=1S/C7H13NO3/c1-6(3-4-9)8-7(5-10)11-2/h5,9-10H,3-4H2,1-2H3/b7-5+,8-6?. The fourth-order valence-electron chi connectivity index (χ4n) is 0.533. The van der Waals surface area contributed by atoms with Crippen LogP contribution in [0.15, 0.2) is 17.1 Å². The molecule has 0 aromatic carbocycles. The summed E-state index contributed by atoms with van der Waals surface area (Å²) < 4.78 is 4.66. The second-order valence-electron chi connectivity index (χ2n) is 1.99. The predicted octanol–water partition coefficient (Wildman–Crippen LogP) is 0.833. The van der Waals surface area contributed by atoms with E-state index in [0.29, 0.717) is 6.42 Å². The smallest absolute Gasteiger partial charge is 0.248 e. The van der Waals surface area contributed by atoms with Crippen molar-refractivity contribution in [1.82, 2.24) is 0 Å². The predicted molar refractivity (Wildman–Crippen MR) is 42.5 cm³/mol. The minimum Gasteiger partial charge on any atom is -0.510 e. The molecular weight excluding hydrogens is 146 g/mol. The van der Waals surface area contributed by atoms with Crippen molar-refractivity contribution in [3.8, 4) is 0 Å². The molecule has 0 aromatic heterocycles. The Balaban J connectivity index is 4.04. The van der Waals surface area contributed by atoms with E-state index in [9.17, 15) is 0 Å². The zero-order valence-electron chi connectivity index (χ0n) is 6.74. The van der Waals surface area contributed by atoms with E-state index in [4.69, 9.17) is 10.2 Å². The highest BCUT2D eigenvalue weighted by Crippen LogP contribution is 1.97. The van der Waals surface area contributed by atoms with Crippen LogP contribution in [0, 0.1) is 0 Å². The van der Waals surface area contributed by atoms with Gasteiger partial charge >= 0.3 is 0 Å². The highest BCUT2D eigenvalue weighted by Gasteiger charge is 1.93. The van der Waals surface area contributed by atoms with Gasteiger partial charge in [0.15, 0.2) is 0 Å². The molecule has 0 aromatic rings. The Morgan fingerprint density at radius 2 is 2.27 bits per heavy atom. The average Bonchev–Trinajstić information content (AvgIpc) is 2.01. The SMILES string of the molecule is CO/C(=C/O)N=C(C)CCO. The molecule has 4 heteroatoms. The Kier molecular flexibility index (Phi) is 5.20. The molecule has 0 radical (unpaired) electrons. The summed E-state index contributed by atoms with van der Waals surface area (Å²) in [6.07, 6.45) is 1.27. The van der Waals surface area contributed by atoms with Crippen molar-refractivity contribution < 1.29 is 14.9 Å². The number of ether oxygens (including phenoxy) is 1. The minimum absolute atomic E-state index is 0.0533. The van der Waals surface area contributed by atoms with Gasteiger partial charge in [0.25, 0.3) is 0 Å². The lowest BCUT2D eigenvalue weighted by Crippen LogP contribution is -1.97. The molecule has 0 saturated heterocycles. The summed E-state index contributed by atoms with van der Waals surface area (Å²) in [4.78, 5) is 3.85. The number of hydrogen-bond donors (Lipinski definition) is 2. The first kappa shape index (κ1) is 9.97. The van der Waals surface area contributed by atoms with Gasteiger partial charge in [0.2, 0.25) is 5.88 Å². The highest BCUT2D eigenvalue weighted by atomic mass is 16.5. The summed E-state index contributed by atoms with van der Waals surface area (Å²) in [7, 11) is 1.41. The number of aliphatic imine (C=N–C) groups is 1. The third kappa shape index (κ3) is 4.38. The molecule has 0 heterocycles. The van der Waals surface area contributed by atoms with Gasteiger partial charge in [-0.2, -0.15) is 0 Å². The van der Waals surface area contributed by atoms with Crippen molar-refractivity contribution in [3.63, 3.8) is 0 Å². The van der Waals surface area contributed by atoms with Gasteiger partial charge in [0.05, 0.1) is 7.11 Å². The van der Waals surface area contributed by atoms with Crippen LogP contribution in [-0.2, 0) is 4.74 Å². The maximum Gasteiger partial charge on any atom is 0.248 e. The molecule has 0 spiro atoms. The van der Waals surface area contributed by atoms with Crippen LogP contribution in [0.4, 0.5) is 0 Å². The lowest BCUT2D eigenvalue weighted by Gasteiger charge is -1.99. The lowest BCUT2D eigenvalue weighted by atomic mass is 10.3. The topological polar surface area (TPSA) is 62.0 Å². The van der Waals surface area contributed by atoms with Gasteiger partial charge in [0.1, 0.15) is 6.26 Å². The molecule has 4 nitrogen and oxygen atoms in total. The van der Waals surface area contributed by atoms with Crippen molar-refractivity contribution in [3.05, 3.63) is 12.1 Å². The Hall–Kier alpha value is -1.03. The van der Waals surface area contributed by atoms with Gasteiger partial charge in [-0.15, -0.1) is 0 Å². The highest BCUT2D eigenvalue weighted by molar-refractivity contribution is 5.82. The fraction of sp³-hybridized carbons (Fsp3) is 0.571. The molecule has 0 fully saturated rings. The molecule has 0 bridgehead atoms. The molecule has 0 unspecified atom stereocenters. The van der Waals surface area contributed by atoms with E-state index in [1.165, 1.54) is 7.11 Å². The Labute approximate surface area is 65.8 Å². The molecule has 2 N–H and O–H groups in total. The first-order valence-corrected chi connectivity index (χ1v) is 3.28. The van der Waals surface area contributed by atoms with Crippen LogP contribution in [-0.4, -0.2) is 29.6 Å². The van der Waals surface area contributed by atoms with Gasteiger partial charge in [0, 0.05) is 18.7 Å². The first-order valence-electron chi connectivity index (χ1n) is 3.28. The van der Waals surface area contributed by atoms with Gasteiger partial charge in [-0.3, -0.25) is 0 Å². The van der Waals surface area contributed by atoms with Gasteiger partial charge in [-0.05, 0) is 6.92 Å². The second-order valence-corrected chi connectivity index (χ2v) is 1.99. The third-order valence-electron chi connectivity index (χ3n) is 1.09. The maximum atomic E-state index is 8.49. The van der Waals surface area contributed by atoms with Crippen LogP contribution in [0.2, 0.25) is 0 Å². The number of methoxy groups -OCH3 is 1. The quantitative estimate of drug-likeness (QED) is 0.472. The van der Waals surface area contributed by atoms with Gasteiger partial charge in [-0.25, -0.2) is 4.99 Å². The Morgan fingerprint density at radius 1 is 1.64 bits per heavy atom. The molecular formula is C7H13NO3. The van der Waals surface area contributed by atoms with Crippen LogP contribution in [0.25, 0.3) is 0 Å². The Morgan fingerprint density at radius 3 is 2.64 bits per heavy atom. The van der Waals surface area contributed by atoms with Crippen LogP contribution in [0.5, 0.6) is 0 Å². The molecule has 0 amide bonds. The third-order valence-corrected chi connectivity index (χ3v) is 1.09. The first-order chi connectivity index (χ1) is 5.24. The van der Waals surface area contributed by atoms with Crippen molar-refractivity contribution >= 4 is 5.71 Å². The van der Waals surface area contributed by atoms with Crippen LogP contribution < -0.4 is 0 Å². The normalized spacial score (nSPS) is 13.4. The van der Waals surface area contributed by atoms with Gasteiger partial charge < -0.3 is 14.9 Å². The number of aliphatic hydroxyl groups excluding tert-OH is 2. The van der Waals surface area contributed by atoms with Crippen molar-refractivity contribution in [2.45, 2.75) is 13.3 Å². The molecule has 0 aliphatic carbocycles. The summed E-state index contributed by atoms with van der Waals surface area (Å²) in [6, 6.07) is 0. The molecule has 0 aliphatic heterocycles. The summed E-state index contributed by atoms with van der Waals surface area (Å²) >= 11 is 0. The van der Waals surface area contributed by atoms with Crippen LogP contribution in [0.3, 0.4) is 0 Å². The second kappa shape index (κ2) is 5.73. The van der Waals surface area contributed by atoms with Crippen LogP contribution >= 0.6 is 0 Å². The molecule has 64 valence electrons. The van der Waals surface area contributed by atoms with E-state index in [0.717, 1.165) is 12.0 Å². The zero-order chi connectivity index (χ0) is 8.69. The fourth-order valence-corrected chi connectivity index (χ4v) is 0.533. The summed E-state index contributed by atoms with van der Waals surface area (Å²) in [6.45, 7) is 1.80. The average molecular weight is 159 g/mol. The molecule has 11 heavy (non-hydrogen) atoms. The van der Waals surface area contributed by atoms with E-state index in [2.05, 4.69) is 9.73 Å². The molecule has 0 rings (SSSR count). The van der Waals surface area contributed by atoms with E-state index in [1.807, 2.05) is 0 Å². The van der Waals surface area contributed by atoms with E-state index >= 15 is 0 Å². The van der Waals surface area contributed by atoms with Crippen molar-refractivity contribution in [1.29, 1.82) is 0 Å². The largest absolute Gasteiger partial charge is 0.510 e. The van der Waals surface area contributed by atoms with E-state index in [1.54, 1.807) is 6.92 Å². The maximum absolute atomic E-state index is 8.49. The molecule has 0 saturated carbocycles. The number of nitrogens with zero attached hydrogens (tertiary/aromatic N) is 1. The van der Waals surface area contributed by atoms with Crippen molar-refractivity contribution in [2.24, 2.45) is 4.99 Å². The summed E-state index contributed by atoms with van der Waals surface area (Å²) in [5, 5.41) is 17.0. The lowest BCUT2D eigenvalue weighted by molar-refractivity contribution is 0.267. The number of aliphatic hydroxyl groups is 2. The summed E-state index contributed by atoms with van der Waals surface area (Å²) in [5.41, 5.74) is 0.717. The monoisotopic (exact) mass is 159 g/mol.